The van der Waals surface area contributed by atoms with Gasteiger partial charge in [-0.1, -0.05) is 0 Å². The highest BCUT2D eigenvalue weighted by Gasteiger charge is 2.15. The second-order valence-electron chi connectivity index (χ2n) is 3.15. The van der Waals surface area contributed by atoms with Gasteiger partial charge in [-0.2, -0.15) is 0 Å². The van der Waals surface area contributed by atoms with Crippen molar-refractivity contribution in [3.8, 4) is 0 Å². The number of hydrogen-bond acceptors (Lipinski definition) is 2. The van der Waals surface area contributed by atoms with Gasteiger partial charge in [0, 0.05) is 6.54 Å². The first-order chi connectivity index (χ1) is 4.83. The van der Waals surface area contributed by atoms with E-state index in [4.69, 9.17) is 11.6 Å². The Morgan fingerprint density at radius 1 is 1.73 bits per heavy atom. The van der Waals surface area contributed by atoms with Crippen LogP contribution < -0.4 is 5.32 Å². The molecule has 0 saturated carbocycles. The van der Waals surface area contributed by atoms with Gasteiger partial charge in [-0.05, 0) is 20.8 Å². The molecule has 0 fully saturated rings. The Labute approximate surface area is 71.7 Å². The van der Waals surface area contributed by atoms with E-state index in [1.165, 1.54) is 0 Å². The van der Waals surface area contributed by atoms with Gasteiger partial charge < -0.3 is 10.4 Å². The summed E-state index contributed by atoms with van der Waals surface area (Å²) in [5.41, 5.74) is -0.874. The molecule has 0 radical (unpaired) electrons. The fourth-order valence-electron chi connectivity index (χ4n) is 0.444. The van der Waals surface area contributed by atoms with Gasteiger partial charge in [0.25, 0.3) is 0 Å². The Kier molecular flexibility index (Phi) is 3.83. The molecule has 4 heteroatoms. The average molecular weight is 180 g/mol. The van der Waals surface area contributed by atoms with Crippen LogP contribution >= 0.6 is 11.6 Å². The molecule has 1 unspecified atom stereocenters. The Morgan fingerprint density at radius 2 is 2.18 bits per heavy atom. The lowest BCUT2D eigenvalue weighted by Gasteiger charge is -2.17. The van der Waals surface area contributed by atoms with E-state index < -0.39 is 11.0 Å². The van der Waals surface area contributed by atoms with E-state index in [0.717, 1.165) is 0 Å². The van der Waals surface area contributed by atoms with Gasteiger partial charge in [0.2, 0.25) is 5.91 Å². The van der Waals surface area contributed by atoms with Gasteiger partial charge >= 0.3 is 0 Å². The summed E-state index contributed by atoms with van der Waals surface area (Å²) in [7, 11) is 0. The van der Waals surface area contributed by atoms with Crippen LogP contribution in [0.15, 0.2) is 0 Å². The molecule has 0 aromatic heterocycles. The molecule has 3 nitrogen and oxygen atoms in total. The van der Waals surface area contributed by atoms with Gasteiger partial charge in [-0.15, -0.1) is 11.6 Å². The van der Waals surface area contributed by atoms with Gasteiger partial charge in [0.1, 0.15) is 5.38 Å². The van der Waals surface area contributed by atoms with Crippen molar-refractivity contribution < 1.29 is 9.90 Å². The molecule has 1 amide bonds. The predicted octanol–water partition coefficient (Wildman–Crippen LogP) is 0.501. The van der Waals surface area contributed by atoms with Crippen LogP contribution in [0.3, 0.4) is 0 Å². The maximum atomic E-state index is 10.8. The lowest BCUT2D eigenvalue weighted by atomic mass is 10.1. The fraction of sp³-hybridized carbons (Fsp3) is 0.857. The van der Waals surface area contributed by atoms with E-state index in [2.05, 4.69) is 5.32 Å². The van der Waals surface area contributed by atoms with E-state index in [0.29, 0.717) is 0 Å². The topological polar surface area (TPSA) is 49.3 Å². The zero-order valence-electron chi connectivity index (χ0n) is 7.02. The standard InChI is InChI=1S/C7H14ClNO2/c1-5(8)6(10)9-4-7(2,3)11/h5,11H,4H2,1-3H3,(H,9,10). The molecule has 0 spiro atoms. The Morgan fingerprint density at radius 3 is 2.45 bits per heavy atom. The first-order valence-electron chi connectivity index (χ1n) is 3.47. The third-order valence-electron chi connectivity index (χ3n) is 1.06. The highest BCUT2D eigenvalue weighted by atomic mass is 35.5. The highest BCUT2D eigenvalue weighted by Crippen LogP contribution is 1.99. The molecule has 1 atom stereocenters. The van der Waals surface area contributed by atoms with Gasteiger partial charge in [-0.3, -0.25) is 4.79 Å². The smallest absolute Gasteiger partial charge is 0.237 e. The van der Waals surface area contributed by atoms with E-state index in [9.17, 15) is 9.90 Å². The zero-order valence-corrected chi connectivity index (χ0v) is 7.77. The van der Waals surface area contributed by atoms with E-state index in [1.54, 1.807) is 20.8 Å². The van der Waals surface area contributed by atoms with E-state index >= 15 is 0 Å². The van der Waals surface area contributed by atoms with Crippen LogP contribution in [0.4, 0.5) is 0 Å². The van der Waals surface area contributed by atoms with Crippen LogP contribution in [0.2, 0.25) is 0 Å². The summed E-state index contributed by atoms with van der Waals surface area (Å²) in [5, 5.41) is 11.1. The third kappa shape index (κ3) is 6.13. The Hall–Kier alpha value is -0.280. The fourth-order valence-corrected chi connectivity index (χ4v) is 0.521. The first-order valence-corrected chi connectivity index (χ1v) is 3.91. The van der Waals surface area contributed by atoms with Crippen LogP contribution in [0.5, 0.6) is 0 Å². The summed E-state index contributed by atoms with van der Waals surface area (Å²) in [5.74, 6) is -0.256. The van der Waals surface area contributed by atoms with Crippen LogP contribution in [-0.2, 0) is 4.79 Å². The molecule has 0 aromatic carbocycles. The lowest BCUT2D eigenvalue weighted by molar-refractivity contribution is -0.121. The number of amides is 1. The summed E-state index contributed by atoms with van der Waals surface area (Å²) in [4.78, 5) is 10.8. The predicted molar refractivity (Wildman–Crippen MR) is 44.6 cm³/mol. The van der Waals surface area contributed by atoms with Crippen molar-refractivity contribution in [3.05, 3.63) is 0 Å². The van der Waals surface area contributed by atoms with Gasteiger partial charge in [0.15, 0.2) is 0 Å². The molecule has 0 rings (SSSR count). The highest BCUT2D eigenvalue weighted by molar-refractivity contribution is 6.30. The third-order valence-corrected chi connectivity index (χ3v) is 1.25. The normalized spacial score (nSPS) is 14.3. The monoisotopic (exact) mass is 179 g/mol. The molecule has 0 aliphatic carbocycles. The number of carbonyl (C=O) groups is 1. The minimum absolute atomic E-state index is 0.225. The minimum Gasteiger partial charge on any atom is -0.389 e. The number of aliphatic hydroxyl groups is 1. The average Bonchev–Trinajstić information content (AvgIpc) is 1.80. The largest absolute Gasteiger partial charge is 0.389 e. The first kappa shape index (κ1) is 10.7. The number of halogens is 1. The summed E-state index contributed by atoms with van der Waals surface area (Å²) in [6.45, 7) is 5.04. The summed E-state index contributed by atoms with van der Waals surface area (Å²) in [6.07, 6.45) is 0. The maximum Gasteiger partial charge on any atom is 0.237 e. The Bertz CT molecular complexity index is 140. The van der Waals surface area contributed by atoms with Crippen molar-refractivity contribution in [3.63, 3.8) is 0 Å². The van der Waals surface area contributed by atoms with Crippen molar-refractivity contribution in [2.75, 3.05) is 6.54 Å². The molecule has 11 heavy (non-hydrogen) atoms. The van der Waals surface area contributed by atoms with Gasteiger partial charge in [-0.25, -0.2) is 0 Å². The van der Waals surface area contributed by atoms with Crippen LogP contribution in [0.25, 0.3) is 0 Å². The van der Waals surface area contributed by atoms with Crippen molar-refractivity contribution in [2.45, 2.75) is 31.7 Å². The summed E-state index contributed by atoms with van der Waals surface area (Å²) in [6, 6.07) is 0. The second-order valence-corrected chi connectivity index (χ2v) is 3.80. The number of carbonyl (C=O) groups excluding carboxylic acids is 1. The Balaban J connectivity index is 3.64. The SMILES string of the molecule is CC(Cl)C(=O)NCC(C)(C)O. The molecule has 0 aliphatic rings. The second kappa shape index (κ2) is 3.93. The van der Waals surface area contributed by atoms with Crippen LogP contribution in [0.1, 0.15) is 20.8 Å². The molecule has 0 aliphatic heterocycles. The van der Waals surface area contributed by atoms with Crippen LogP contribution in [-0.4, -0.2) is 28.5 Å². The van der Waals surface area contributed by atoms with Gasteiger partial charge in [0.05, 0.1) is 5.60 Å². The van der Waals surface area contributed by atoms with E-state index in [-0.39, 0.29) is 12.5 Å². The molecular weight excluding hydrogens is 166 g/mol. The molecule has 66 valence electrons. The van der Waals surface area contributed by atoms with Crippen molar-refractivity contribution in [2.24, 2.45) is 0 Å². The molecule has 0 bridgehead atoms. The summed E-state index contributed by atoms with van der Waals surface area (Å²) < 4.78 is 0. The molecule has 0 saturated heterocycles. The number of nitrogens with one attached hydrogen (secondary N) is 1. The quantitative estimate of drug-likeness (QED) is 0.620. The lowest BCUT2D eigenvalue weighted by Crippen LogP contribution is -2.40. The van der Waals surface area contributed by atoms with Crippen molar-refractivity contribution in [1.82, 2.24) is 5.32 Å². The zero-order chi connectivity index (χ0) is 9.07. The maximum absolute atomic E-state index is 10.8. The number of alkyl halides is 1. The molecular formula is C7H14ClNO2. The molecule has 2 N–H and O–H groups in total. The molecule has 0 aromatic rings. The summed E-state index contributed by atoms with van der Waals surface area (Å²) >= 11 is 5.46. The molecule has 0 heterocycles. The van der Waals surface area contributed by atoms with Crippen LogP contribution in [0, 0.1) is 0 Å². The van der Waals surface area contributed by atoms with E-state index in [1.807, 2.05) is 0 Å². The number of hydrogen-bond donors (Lipinski definition) is 2. The number of rotatable bonds is 3. The minimum atomic E-state index is -0.874. The van der Waals surface area contributed by atoms with Crippen molar-refractivity contribution >= 4 is 17.5 Å². The van der Waals surface area contributed by atoms with Crippen molar-refractivity contribution in [1.29, 1.82) is 0 Å².